The van der Waals surface area contributed by atoms with Crippen molar-refractivity contribution in [1.29, 1.82) is 0 Å². The molecule has 0 aliphatic rings. The minimum atomic E-state index is -4.48. The highest BCUT2D eigenvalue weighted by Crippen LogP contribution is 2.29. The van der Waals surface area contributed by atoms with Crippen LogP contribution in [0.4, 0.5) is 18.0 Å². The number of alkyl halides is 3. The molecule has 1 amide bonds. The average molecular weight is 356 g/mol. The standard InChI is InChI=1S/C16H19F3N4O2/c1-15(2,3)25-14(24)23-21-8-10-4-6-11(7-5-10)13-20-9-12(22-13)16(17,18)19/h4-7,9,21H,8H2,1-3H3,(H,20,22)(H,23,24). The first-order chi connectivity index (χ1) is 11.5. The van der Waals surface area contributed by atoms with E-state index in [1.54, 1.807) is 45.0 Å². The van der Waals surface area contributed by atoms with Gasteiger partial charge >= 0.3 is 12.3 Å². The van der Waals surface area contributed by atoms with E-state index in [1.165, 1.54) is 0 Å². The number of aromatic amines is 1. The lowest BCUT2D eigenvalue weighted by atomic mass is 10.1. The van der Waals surface area contributed by atoms with E-state index in [1.807, 2.05) is 0 Å². The molecule has 0 atom stereocenters. The number of halogens is 3. The lowest BCUT2D eigenvalue weighted by molar-refractivity contribution is -0.140. The van der Waals surface area contributed by atoms with E-state index >= 15 is 0 Å². The Morgan fingerprint density at radius 3 is 2.36 bits per heavy atom. The molecule has 0 saturated heterocycles. The second kappa shape index (κ2) is 7.14. The molecule has 1 aromatic heterocycles. The van der Waals surface area contributed by atoms with Gasteiger partial charge in [0.25, 0.3) is 0 Å². The molecule has 0 saturated carbocycles. The SMILES string of the molecule is CC(C)(C)OC(=O)NNCc1ccc(-c2nc(C(F)(F)F)c[nH]2)cc1. The average Bonchev–Trinajstić information content (AvgIpc) is 2.96. The van der Waals surface area contributed by atoms with Crippen molar-refractivity contribution in [1.82, 2.24) is 20.8 Å². The van der Waals surface area contributed by atoms with Crippen LogP contribution in [0.25, 0.3) is 11.4 Å². The van der Waals surface area contributed by atoms with E-state index in [0.29, 0.717) is 12.1 Å². The third-order valence-electron chi connectivity index (χ3n) is 2.98. The van der Waals surface area contributed by atoms with Gasteiger partial charge in [-0.1, -0.05) is 24.3 Å². The van der Waals surface area contributed by atoms with Crippen molar-refractivity contribution < 1.29 is 22.7 Å². The number of hydrazine groups is 1. The van der Waals surface area contributed by atoms with Gasteiger partial charge in [0.15, 0.2) is 5.69 Å². The maximum absolute atomic E-state index is 12.6. The lowest BCUT2D eigenvalue weighted by Gasteiger charge is -2.19. The third kappa shape index (κ3) is 5.79. The number of nitrogens with zero attached hydrogens (tertiary/aromatic N) is 1. The van der Waals surface area contributed by atoms with Crippen molar-refractivity contribution in [3.8, 4) is 11.4 Å². The van der Waals surface area contributed by atoms with E-state index in [0.717, 1.165) is 11.8 Å². The number of ether oxygens (including phenoxy) is 1. The molecule has 0 bridgehead atoms. The number of H-pyrrole nitrogens is 1. The molecule has 1 heterocycles. The van der Waals surface area contributed by atoms with Gasteiger partial charge in [0.2, 0.25) is 0 Å². The second-order valence-electron chi connectivity index (χ2n) is 6.31. The van der Waals surface area contributed by atoms with Crippen LogP contribution in [-0.2, 0) is 17.5 Å². The summed E-state index contributed by atoms with van der Waals surface area (Å²) in [5.74, 6) is 0.138. The zero-order valence-corrected chi connectivity index (χ0v) is 14.0. The number of hydrogen-bond donors (Lipinski definition) is 3. The molecule has 0 aliphatic carbocycles. The molecule has 25 heavy (non-hydrogen) atoms. The summed E-state index contributed by atoms with van der Waals surface area (Å²) in [6, 6.07) is 6.72. The largest absolute Gasteiger partial charge is 0.443 e. The smallest absolute Gasteiger partial charge is 0.434 e. The summed E-state index contributed by atoms with van der Waals surface area (Å²) in [6.45, 7) is 5.59. The predicted molar refractivity (Wildman–Crippen MR) is 85.2 cm³/mol. The van der Waals surface area contributed by atoms with Crippen molar-refractivity contribution in [3.63, 3.8) is 0 Å². The quantitative estimate of drug-likeness (QED) is 0.731. The topological polar surface area (TPSA) is 79.0 Å². The van der Waals surface area contributed by atoms with Crippen LogP contribution in [0.15, 0.2) is 30.5 Å². The van der Waals surface area contributed by atoms with Crippen LogP contribution >= 0.6 is 0 Å². The van der Waals surface area contributed by atoms with Crippen molar-refractivity contribution in [2.45, 2.75) is 39.1 Å². The normalized spacial score (nSPS) is 12.1. The summed E-state index contributed by atoms with van der Waals surface area (Å²) in [7, 11) is 0. The van der Waals surface area contributed by atoms with Gasteiger partial charge in [0.1, 0.15) is 11.4 Å². The van der Waals surface area contributed by atoms with Gasteiger partial charge in [0.05, 0.1) is 0 Å². The fourth-order valence-corrected chi connectivity index (χ4v) is 1.92. The Kier molecular flexibility index (Phi) is 5.36. The summed E-state index contributed by atoms with van der Waals surface area (Å²) in [4.78, 5) is 17.5. The Bertz CT molecular complexity index is 718. The maximum Gasteiger partial charge on any atom is 0.434 e. The van der Waals surface area contributed by atoms with Crippen molar-refractivity contribution in [3.05, 3.63) is 41.7 Å². The minimum absolute atomic E-state index is 0.138. The molecule has 0 fully saturated rings. The number of imidazole rings is 1. The molecule has 0 unspecified atom stereocenters. The summed E-state index contributed by atoms with van der Waals surface area (Å²) in [5.41, 5.74) is 4.90. The number of carbonyl (C=O) groups excluding carboxylic acids is 1. The van der Waals surface area contributed by atoms with E-state index < -0.39 is 23.6 Å². The van der Waals surface area contributed by atoms with Crippen LogP contribution in [0.3, 0.4) is 0 Å². The van der Waals surface area contributed by atoms with Crippen LogP contribution < -0.4 is 10.9 Å². The van der Waals surface area contributed by atoms with Gasteiger partial charge in [-0.25, -0.2) is 15.2 Å². The zero-order chi connectivity index (χ0) is 18.7. The molecule has 0 aliphatic heterocycles. The highest BCUT2D eigenvalue weighted by Gasteiger charge is 2.33. The molecule has 136 valence electrons. The van der Waals surface area contributed by atoms with Crippen LogP contribution in [0.2, 0.25) is 0 Å². The van der Waals surface area contributed by atoms with E-state index in [9.17, 15) is 18.0 Å². The van der Waals surface area contributed by atoms with Gasteiger partial charge in [-0.05, 0) is 26.3 Å². The third-order valence-corrected chi connectivity index (χ3v) is 2.98. The van der Waals surface area contributed by atoms with Gasteiger partial charge in [-0.3, -0.25) is 5.43 Å². The Balaban J connectivity index is 1.90. The summed E-state index contributed by atoms with van der Waals surface area (Å²) in [5, 5.41) is 0. The van der Waals surface area contributed by atoms with Crippen LogP contribution in [-0.4, -0.2) is 21.7 Å². The van der Waals surface area contributed by atoms with Gasteiger partial charge in [0, 0.05) is 18.3 Å². The van der Waals surface area contributed by atoms with Crippen LogP contribution in [0.1, 0.15) is 32.0 Å². The monoisotopic (exact) mass is 356 g/mol. The number of amides is 1. The molecule has 3 N–H and O–H groups in total. The second-order valence-corrected chi connectivity index (χ2v) is 6.31. The molecule has 1 aromatic carbocycles. The first-order valence-electron chi connectivity index (χ1n) is 7.48. The van der Waals surface area contributed by atoms with Crippen molar-refractivity contribution in [2.24, 2.45) is 0 Å². The number of rotatable bonds is 4. The summed E-state index contributed by atoms with van der Waals surface area (Å²) in [6.07, 6.45) is -4.25. The van der Waals surface area contributed by atoms with Gasteiger partial charge in [-0.15, -0.1) is 0 Å². The van der Waals surface area contributed by atoms with Crippen LogP contribution in [0, 0.1) is 0 Å². The zero-order valence-electron chi connectivity index (χ0n) is 14.0. The number of nitrogens with one attached hydrogen (secondary N) is 3. The van der Waals surface area contributed by atoms with Gasteiger partial charge in [-0.2, -0.15) is 13.2 Å². The Hall–Kier alpha value is -2.55. The fourth-order valence-electron chi connectivity index (χ4n) is 1.92. The number of hydrogen-bond acceptors (Lipinski definition) is 4. The maximum atomic E-state index is 12.6. The molecule has 6 nitrogen and oxygen atoms in total. The number of benzene rings is 1. The molecular weight excluding hydrogens is 337 g/mol. The van der Waals surface area contributed by atoms with Gasteiger partial charge < -0.3 is 9.72 Å². The molecule has 9 heteroatoms. The van der Waals surface area contributed by atoms with E-state index in [-0.39, 0.29) is 5.82 Å². The van der Waals surface area contributed by atoms with Crippen molar-refractivity contribution in [2.75, 3.05) is 0 Å². The van der Waals surface area contributed by atoms with Crippen LogP contribution in [0.5, 0.6) is 0 Å². The fraction of sp³-hybridized carbons (Fsp3) is 0.375. The van der Waals surface area contributed by atoms with Crippen molar-refractivity contribution >= 4 is 6.09 Å². The molecule has 0 spiro atoms. The number of aromatic nitrogens is 2. The highest BCUT2D eigenvalue weighted by atomic mass is 19.4. The first-order valence-corrected chi connectivity index (χ1v) is 7.48. The lowest BCUT2D eigenvalue weighted by Crippen LogP contribution is -2.40. The first kappa shape index (κ1) is 18.8. The van der Waals surface area contributed by atoms with E-state index in [4.69, 9.17) is 4.74 Å². The molecule has 0 radical (unpaired) electrons. The molecular formula is C16H19F3N4O2. The highest BCUT2D eigenvalue weighted by molar-refractivity contribution is 5.67. The van der Waals surface area contributed by atoms with E-state index in [2.05, 4.69) is 20.8 Å². The molecule has 2 aromatic rings. The Morgan fingerprint density at radius 1 is 1.20 bits per heavy atom. The Morgan fingerprint density at radius 2 is 1.84 bits per heavy atom. The predicted octanol–water partition coefficient (Wildman–Crippen LogP) is 3.62. The summed E-state index contributed by atoms with van der Waals surface area (Å²) >= 11 is 0. The summed E-state index contributed by atoms with van der Waals surface area (Å²) < 4.78 is 42.7. The molecule has 2 rings (SSSR count). The number of carbonyl (C=O) groups is 1. The minimum Gasteiger partial charge on any atom is -0.443 e. The Labute approximate surface area is 142 Å².